The Morgan fingerprint density at radius 1 is 1.07 bits per heavy atom. The largest absolute Gasteiger partial charge is 0.454 e. The van der Waals surface area contributed by atoms with Crippen molar-refractivity contribution in [1.29, 1.82) is 0 Å². The van der Waals surface area contributed by atoms with E-state index in [9.17, 15) is 13.2 Å². The summed E-state index contributed by atoms with van der Waals surface area (Å²) in [7, 11) is -3.77. The van der Waals surface area contributed by atoms with Crippen molar-refractivity contribution in [3.05, 3.63) is 60.2 Å². The van der Waals surface area contributed by atoms with E-state index in [-0.39, 0.29) is 24.1 Å². The molecule has 0 spiro atoms. The molecular formula is C22H20N2O5S. The highest BCUT2D eigenvalue weighted by atomic mass is 32.2. The summed E-state index contributed by atoms with van der Waals surface area (Å²) in [5, 5.41) is 1.52. The number of anilines is 1. The first-order valence-corrected chi connectivity index (χ1v) is 11.1. The van der Waals surface area contributed by atoms with E-state index < -0.39 is 10.0 Å². The van der Waals surface area contributed by atoms with Crippen LogP contribution in [0.15, 0.2) is 59.5 Å². The van der Waals surface area contributed by atoms with Gasteiger partial charge in [0.2, 0.25) is 12.7 Å². The average molecular weight is 424 g/mol. The molecule has 154 valence electrons. The standard InChI is InChI=1S/C22H20N2O5S/c1-2-23(12-15-9-10-18-19(11-15)29-14-28-18)21(25)13-24-17-7-3-5-16-6-4-8-20(22(16)17)30(24,26)27/h3-11H,2,12-14H2,1H3. The monoisotopic (exact) mass is 424 g/mol. The molecule has 0 atom stereocenters. The van der Waals surface area contributed by atoms with Gasteiger partial charge < -0.3 is 14.4 Å². The summed E-state index contributed by atoms with van der Waals surface area (Å²) in [6, 6.07) is 16.2. The maximum absolute atomic E-state index is 13.1. The zero-order chi connectivity index (χ0) is 20.9. The quantitative estimate of drug-likeness (QED) is 0.629. The van der Waals surface area contributed by atoms with E-state index in [1.807, 2.05) is 43.3 Å². The third-order valence-corrected chi connectivity index (χ3v) is 7.31. The van der Waals surface area contributed by atoms with Crippen molar-refractivity contribution >= 4 is 32.4 Å². The van der Waals surface area contributed by atoms with Crippen LogP contribution in [-0.2, 0) is 21.4 Å². The number of hydrogen-bond acceptors (Lipinski definition) is 5. The van der Waals surface area contributed by atoms with E-state index in [0.29, 0.717) is 35.7 Å². The van der Waals surface area contributed by atoms with E-state index in [0.717, 1.165) is 10.9 Å². The number of hydrogen-bond donors (Lipinski definition) is 0. The Kier molecular flexibility index (Phi) is 4.32. The Morgan fingerprint density at radius 3 is 2.63 bits per heavy atom. The first-order chi connectivity index (χ1) is 14.5. The lowest BCUT2D eigenvalue weighted by molar-refractivity contribution is -0.129. The molecule has 30 heavy (non-hydrogen) atoms. The number of carbonyl (C=O) groups excluding carboxylic acids is 1. The SMILES string of the molecule is CCN(Cc1ccc2c(c1)OCO2)C(=O)CN1c2cccc3cccc(c23)S1(=O)=O. The second kappa shape index (κ2) is 6.91. The number of amides is 1. The fourth-order valence-electron chi connectivity index (χ4n) is 3.99. The van der Waals surface area contributed by atoms with E-state index in [2.05, 4.69) is 0 Å². The highest BCUT2D eigenvalue weighted by Crippen LogP contribution is 2.41. The van der Waals surface area contributed by atoms with Crippen molar-refractivity contribution < 1.29 is 22.7 Å². The van der Waals surface area contributed by atoms with Crippen LogP contribution < -0.4 is 13.8 Å². The number of benzene rings is 3. The fourth-order valence-corrected chi connectivity index (χ4v) is 5.65. The Bertz CT molecular complexity index is 1270. The Balaban J connectivity index is 1.41. The van der Waals surface area contributed by atoms with Gasteiger partial charge in [0.25, 0.3) is 10.0 Å². The molecule has 3 aromatic carbocycles. The number of rotatable bonds is 5. The summed E-state index contributed by atoms with van der Waals surface area (Å²) in [5.74, 6) is 1.07. The average Bonchev–Trinajstić information content (AvgIpc) is 3.30. The number of nitrogens with zero attached hydrogens (tertiary/aromatic N) is 2. The summed E-state index contributed by atoms with van der Waals surface area (Å²) in [6.45, 7) is 2.64. The Morgan fingerprint density at radius 2 is 1.83 bits per heavy atom. The van der Waals surface area contributed by atoms with E-state index in [1.54, 1.807) is 23.1 Å². The van der Waals surface area contributed by atoms with Crippen molar-refractivity contribution in [3.8, 4) is 11.5 Å². The number of carbonyl (C=O) groups is 1. The van der Waals surface area contributed by atoms with Gasteiger partial charge in [-0.3, -0.25) is 9.10 Å². The molecule has 0 saturated heterocycles. The maximum atomic E-state index is 13.1. The van der Waals surface area contributed by atoms with Crippen LogP contribution in [0.1, 0.15) is 12.5 Å². The topological polar surface area (TPSA) is 76.2 Å². The summed E-state index contributed by atoms with van der Waals surface area (Å²) in [6.07, 6.45) is 0. The van der Waals surface area contributed by atoms with Crippen LogP contribution in [0.3, 0.4) is 0 Å². The molecule has 3 aromatic rings. The molecular weight excluding hydrogens is 404 g/mol. The normalized spacial score (nSPS) is 15.6. The molecule has 0 aromatic heterocycles. The van der Waals surface area contributed by atoms with Gasteiger partial charge in [0.05, 0.1) is 10.6 Å². The fraction of sp³-hybridized carbons (Fsp3) is 0.227. The van der Waals surface area contributed by atoms with Crippen molar-refractivity contribution in [2.45, 2.75) is 18.4 Å². The third-order valence-electron chi connectivity index (χ3n) is 5.50. The molecule has 2 aliphatic rings. The molecule has 1 amide bonds. The molecule has 0 fully saturated rings. The molecule has 8 heteroatoms. The first-order valence-electron chi connectivity index (χ1n) is 9.70. The minimum atomic E-state index is -3.77. The van der Waals surface area contributed by atoms with Crippen LogP contribution in [0.4, 0.5) is 5.69 Å². The number of fused-ring (bicyclic) bond motifs is 1. The number of sulfonamides is 1. The molecule has 0 saturated carbocycles. The lowest BCUT2D eigenvalue weighted by atomic mass is 10.1. The minimum Gasteiger partial charge on any atom is -0.454 e. The first kappa shape index (κ1) is 18.7. The molecule has 0 aliphatic carbocycles. The highest BCUT2D eigenvalue weighted by Gasteiger charge is 2.37. The maximum Gasteiger partial charge on any atom is 0.265 e. The predicted octanol–water partition coefficient (Wildman–Crippen LogP) is 3.13. The van der Waals surface area contributed by atoms with Crippen molar-refractivity contribution in [3.63, 3.8) is 0 Å². The molecule has 0 N–H and O–H groups in total. The predicted molar refractivity (Wildman–Crippen MR) is 112 cm³/mol. The van der Waals surface area contributed by atoms with Gasteiger partial charge in [-0.25, -0.2) is 8.42 Å². The Hall–Kier alpha value is -3.26. The molecule has 0 bridgehead atoms. The third kappa shape index (κ3) is 2.87. The van der Waals surface area contributed by atoms with E-state index in [4.69, 9.17) is 9.47 Å². The zero-order valence-corrected chi connectivity index (χ0v) is 17.2. The van der Waals surface area contributed by atoms with Crippen molar-refractivity contribution in [1.82, 2.24) is 4.90 Å². The number of ether oxygens (including phenoxy) is 2. The zero-order valence-electron chi connectivity index (χ0n) is 16.4. The van der Waals surface area contributed by atoms with Crippen LogP contribution in [-0.4, -0.2) is 39.1 Å². The lowest BCUT2D eigenvalue weighted by Gasteiger charge is -2.25. The molecule has 7 nitrogen and oxygen atoms in total. The molecule has 2 aliphatic heterocycles. The molecule has 0 radical (unpaired) electrons. The van der Waals surface area contributed by atoms with E-state index >= 15 is 0 Å². The van der Waals surface area contributed by atoms with Gasteiger partial charge in [-0.2, -0.15) is 0 Å². The lowest BCUT2D eigenvalue weighted by Crippen LogP contribution is -2.41. The smallest absolute Gasteiger partial charge is 0.265 e. The van der Waals surface area contributed by atoms with Gasteiger partial charge in [0.1, 0.15) is 6.54 Å². The van der Waals surface area contributed by atoms with Gasteiger partial charge in [-0.05, 0) is 42.1 Å². The molecule has 0 unspecified atom stereocenters. The van der Waals surface area contributed by atoms with Gasteiger partial charge in [-0.1, -0.05) is 30.3 Å². The van der Waals surface area contributed by atoms with Crippen LogP contribution in [0, 0.1) is 0 Å². The molecule has 2 heterocycles. The van der Waals surface area contributed by atoms with Crippen LogP contribution in [0.5, 0.6) is 11.5 Å². The van der Waals surface area contributed by atoms with Crippen molar-refractivity contribution in [2.24, 2.45) is 0 Å². The Labute approximate surface area is 174 Å². The summed E-state index contributed by atoms with van der Waals surface area (Å²) >= 11 is 0. The second-order valence-electron chi connectivity index (χ2n) is 7.24. The van der Waals surface area contributed by atoms with Gasteiger partial charge >= 0.3 is 0 Å². The second-order valence-corrected chi connectivity index (χ2v) is 9.07. The van der Waals surface area contributed by atoms with Gasteiger partial charge in [0, 0.05) is 18.5 Å². The van der Waals surface area contributed by atoms with Gasteiger partial charge in [0.15, 0.2) is 11.5 Å². The highest BCUT2D eigenvalue weighted by molar-refractivity contribution is 7.93. The summed E-state index contributed by atoms with van der Waals surface area (Å²) in [4.78, 5) is 15.0. The van der Waals surface area contributed by atoms with E-state index in [1.165, 1.54) is 4.31 Å². The van der Waals surface area contributed by atoms with Gasteiger partial charge in [-0.15, -0.1) is 0 Å². The minimum absolute atomic E-state index is 0.189. The number of likely N-dealkylation sites (N-methyl/N-ethyl adjacent to an activating group) is 1. The van der Waals surface area contributed by atoms with Crippen LogP contribution in [0.2, 0.25) is 0 Å². The summed E-state index contributed by atoms with van der Waals surface area (Å²) in [5.41, 5.74) is 1.44. The van der Waals surface area contributed by atoms with Crippen LogP contribution in [0.25, 0.3) is 10.8 Å². The van der Waals surface area contributed by atoms with Crippen molar-refractivity contribution in [2.75, 3.05) is 24.2 Å². The summed E-state index contributed by atoms with van der Waals surface area (Å²) < 4.78 is 38.2. The molecule has 5 rings (SSSR count). The van der Waals surface area contributed by atoms with Crippen LogP contribution >= 0.6 is 0 Å².